The molecular formula is C13H26N2O3. The second-order valence-electron chi connectivity index (χ2n) is 6.47. The Balaban J connectivity index is 2.12. The molecule has 2 N–H and O–H groups in total. The van der Waals surface area contributed by atoms with E-state index in [1.54, 1.807) is 0 Å². The Kier molecular flexibility index (Phi) is 4.99. The molecule has 106 valence electrons. The maximum absolute atomic E-state index is 11.5. The van der Waals surface area contributed by atoms with Crippen LogP contribution < -0.4 is 10.6 Å². The van der Waals surface area contributed by atoms with Crippen LogP contribution in [-0.2, 0) is 9.47 Å². The molecule has 1 unspecified atom stereocenters. The van der Waals surface area contributed by atoms with Gasteiger partial charge in [0.2, 0.25) is 0 Å². The molecule has 5 nitrogen and oxygen atoms in total. The highest BCUT2D eigenvalue weighted by atomic mass is 16.6. The molecule has 1 aliphatic heterocycles. The molecule has 0 aromatic carbocycles. The second kappa shape index (κ2) is 5.89. The fourth-order valence-corrected chi connectivity index (χ4v) is 1.60. The highest BCUT2D eigenvalue weighted by Gasteiger charge is 2.33. The fourth-order valence-electron chi connectivity index (χ4n) is 1.60. The van der Waals surface area contributed by atoms with Crippen molar-refractivity contribution in [2.24, 2.45) is 5.41 Å². The van der Waals surface area contributed by atoms with Gasteiger partial charge in [0.05, 0.1) is 13.2 Å². The van der Waals surface area contributed by atoms with E-state index in [1.807, 2.05) is 27.7 Å². The van der Waals surface area contributed by atoms with Gasteiger partial charge in [-0.05, 0) is 27.7 Å². The molecule has 5 heteroatoms. The molecule has 0 radical (unpaired) electrons. The summed E-state index contributed by atoms with van der Waals surface area (Å²) in [5, 5.41) is 6.15. The molecule has 1 amide bonds. The van der Waals surface area contributed by atoms with Gasteiger partial charge in [-0.2, -0.15) is 0 Å². The molecule has 1 atom stereocenters. The number of alkyl carbamates (subject to hydrolysis) is 1. The standard InChI is InChI=1S/C13H26N2O3/c1-10(15-7-13(5)8-17-9-13)6-14-11(16)18-12(2,3)4/h10,15H,6-9H2,1-5H3,(H,14,16). The highest BCUT2D eigenvalue weighted by Crippen LogP contribution is 2.25. The van der Waals surface area contributed by atoms with E-state index in [1.165, 1.54) is 0 Å². The van der Waals surface area contributed by atoms with E-state index in [4.69, 9.17) is 9.47 Å². The minimum Gasteiger partial charge on any atom is -0.444 e. The maximum atomic E-state index is 11.5. The van der Waals surface area contributed by atoms with Gasteiger partial charge in [0, 0.05) is 24.5 Å². The number of carbonyl (C=O) groups is 1. The van der Waals surface area contributed by atoms with E-state index in [0.717, 1.165) is 19.8 Å². The lowest BCUT2D eigenvalue weighted by atomic mass is 9.88. The summed E-state index contributed by atoms with van der Waals surface area (Å²) in [7, 11) is 0. The van der Waals surface area contributed by atoms with Crippen molar-refractivity contribution in [2.75, 3.05) is 26.3 Å². The molecule has 0 aliphatic carbocycles. The van der Waals surface area contributed by atoms with E-state index >= 15 is 0 Å². The summed E-state index contributed by atoms with van der Waals surface area (Å²) >= 11 is 0. The summed E-state index contributed by atoms with van der Waals surface area (Å²) in [6, 6.07) is 0.218. The number of hydrogen-bond donors (Lipinski definition) is 2. The third kappa shape index (κ3) is 5.69. The van der Waals surface area contributed by atoms with Gasteiger partial charge in [0.25, 0.3) is 0 Å². The Morgan fingerprint density at radius 2 is 2.06 bits per heavy atom. The number of amides is 1. The zero-order valence-corrected chi connectivity index (χ0v) is 12.1. The molecule has 1 rings (SSSR count). The minimum absolute atomic E-state index is 0.218. The van der Waals surface area contributed by atoms with E-state index in [2.05, 4.69) is 17.6 Å². The number of hydrogen-bond acceptors (Lipinski definition) is 4. The van der Waals surface area contributed by atoms with Crippen LogP contribution in [-0.4, -0.2) is 44.0 Å². The molecule has 18 heavy (non-hydrogen) atoms. The third-order valence-electron chi connectivity index (χ3n) is 2.73. The molecule has 0 spiro atoms. The summed E-state index contributed by atoms with van der Waals surface area (Å²) in [5.41, 5.74) is -0.197. The number of rotatable bonds is 5. The molecule has 1 saturated heterocycles. The third-order valence-corrected chi connectivity index (χ3v) is 2.73. The molecule has 0 saturated carbocycles. The van der Waals surface area contributed by atoms with Crippen LogP contribution in [0.4, 0.5) is 4.79 Å². The smallest absolute Gasteiger partial charge is 0.407 e. The Hall–Kier alpha value is -0.810. The lowest BCUT2D eigenvalue weighted by Gasteiger charge is -2.39. The normalized spacial score (nSPS) is 19.8. The first-order chi connectivity index (χ1) is 8.20. The van der Waals surface area contributed by atoms with Gasteiger partial charge in [-0.25, -0.2) is 4.79 Å². The van der Waals surface area contributed by atoms with Crippen LogP contribution in [0, 0.1) is 5.41 Å². The van der Waals surface area contributed by atoms with Gasteiger partial charge >= 0.3 is 6.09 Å². The SMILES string of the molecule is CC(CNC(=O)OC(C)(C)C)NCC1(C)COC1. The summed E-state index contributed by atoms with van der Waals surface area (Å²) in [4.78, 5) is 11.5. The molecule has 0 bridgehead atoms. The van der Waals surface area contributed by atoms with Crippen LogP contribution >= 0.6 is 0 Å². The van der Waals surface area contributed by atoms with Crippen molar-refractivity contribution in [1.29, 1.82) is 0 Å². The average Bonchev–Trinajstić information content (AvgIpc) is 2.18. The topological polar surface area (TPSA) is 59.6 Å². The minimum atomic E-state index is -0.447. The number of nitrogens with one attached hydrogen (secondary N) is 2. The second-order valence-corrected chi connectivity index (χ2v) is 6.47. The lowest BCUT2D eigenvalue weighted by Crippen LogP contribution is -2.51. The van der Waals surface area contributed by atoms with Crippen LogP contribution in [0.2, 0.25) is 0 Å². The Bertz CT molecular complexity index is 282. The van der Waals surface area contributed by atoms with Crippen molar-refractivity contribution in [2.45, 2.75) is 46.3 Å². The van der Waals surface area contributed by atoms with Crippen molar-refractivity contribution in [3.8, 4) is 0 Å². The Labute approximate surface area is 110 Å². The fraction of sp³-hybridized carbons (Fsp3) is 0.923. The lowest BCUT2D eigenvalue weighted by molar-refractivity contribution is -0.0998. The number of ether oxygens (including phenoxy) is 2. The molecule has 0 aromatic rings. The van der Waals surface area contributed by atoms with Crippen LogP contribution in [0.25, 0.3) is 0 Å². The summed E-state index contributed by atoms with van der Waals surface area (Å²) in [6.45, 7) is 12.9. The van der Waals surface area contributed by atoms with Crippen molar-refractivity contribution in [3.05, 3.63) is 0 Å². The van der Waals surface area contributed by atoms with Crippen molar-refractivity contribution in [1.82, 2.24) is 10.6 Å². The van der Waals surface area contributed by atoms with Gasteiger partial charge < -0.3 is 20.1 Å². The quantitative estimate of drug-likeness (QED) is 0.785. The van der Waals surface area contributed by atoms with Gasteiger partial charge in [-0.1, -0.05) is 6.92 Å². The van der Waals surface area contributed by atoms with Gasteiger partial charge in [-0.15, -0.1) is 0 Å². The molecule has 1 fully saturated rings. The van der Waals surface area contributed by atoms with Gasteiger partial charge in [-0.3, -0.25) is 0 Å². The Morgan fingerprint density at radius 1 is 1.44 bits per heavy atom. The maximum Gasteiger partial charge on any atom is 0.407 e. The monoisotopic (exact) mass is 258 g/mol. The van der Waals surface area contributed by atoms with E-state index in [0.29, 0.717) is 6.54 Å². The largest absolute Gasteiger partial charge is 0.444 e. The zero-order chi connectivity index (χ0) is 13.8. The van der Waals surface area contributed by atoms with Crippen LogP contribution in [0.15, 0.2) is 0 Å². The predicted octanol–water partition coefficient (Wildman–Crippen LogP) is 1.53. The molecular weight excluding hydrogens is 232 g/mol. The highest BCUT2D eigenvalue weighted by molar-refractivity contribution is 5.67. The first-order valence-corrected chi connectivity index (χ1v) is 6.48. The van der Waals surface area contributed by atoms with Crippen molar-refractivity contribution in [3.63, 3.8) is 0 Å². The Morgan fingerprint density at radius 3 is 2.50 bits per heavy atom. The molecule has 1 aliphatic rings. The first kappa shape index (κ1) is 15.2. The summed E-state index contributed by atoms with van der Waals surface area (Å²) in [5.74, 6) is 0. The van der Waals surface area contributed by atoms with E-state index in [-0.39, 0.29) is 17.6 Å². The van der Waals surface area contributed by atoms with Crippen LogP contribution in [0.1, 0.15) is 34.6 Å². The van der Waals surface area contributed by atoms with Crippen LogP contribution in [0.5, 0.6) is 0 Å². The van der Waals surface area contributed by atoms with Crippen LogP contribution in [0.3, 0.4) is 0 Å². The average molecular weight is 258 g/mol. The van der Waals surface area contributed by atoms with Crippen molar-refractivity contribution >= 4 is 6.09 Å². The van der Waals surface area contributed by atoms with Crippen molar-refractivity contribution < 1.29 is 14.3 Å². The summed E-state index contributed by atoms with van der Waals surface area (Å²) in [6.07, 6.45) is -0.366. The van der Waals surface area contributed by atoms with Gasteiger partial charge in [0.15, 0.2) is 0 Å². The zero-order valence-electron chi connectivity index (χ0n) is 12.1. The number of carbonyl (C=O) groups excluding carboxylic acids is 1. The molecule has 0 aromatic heterocycles. The van der Waals surface area contributed by atoms with E-state index < -0.39 is 5.60 Å². The van der Waals surface area contributed by atoms with E-state index in [9.17, 15) is 4.79 Å². The van der Waals surface area contributed by atoms with Gasteiger partial charge in [0.1, 0.15) is 5.60 Å². The first-order valence-electron chi connectivity index (χ1n) is 6.48. The molecule has 1 heterocycles. The predicted molar refractivity (Wildman–Crippen MR) is 70.6 cm³/mol. The summed E-state index contributed by atoms with van der Waals surface area (Å²) < 4.78 is 10.4.